The van der Waals surface area contributed by atoms with Crippen molar-refractivity contribution in [3.8, 4) is 0 Å². The Morgan fingerprint density at radius 1 is 1.17 bits per heavy atom. The van der Waals surface area contributed by atoms with Crippen molar-refractivity contribution in [3.63, 3.8) is 0 Å². The van der Waals surface area contributed by atoms with Gasteiger partial charge in [-0.3, -0.25) is 5.32 Å². The molecule has 2 N–H and O–H groups in total. The van der Waals surface area contributed by atoms with E-state index in [2.05, 4.69) is 33.0 Å². The quantitative estimate of drug-likeness (QED) is 0.827. The van der Waals surface area contributed by atoms with E-state index in [9.17, 15) is 4.79 Å². The second-order valence-electron chi connectivity index (χ2n) is 6.16. The van der Waals surface area contributed by atoms with Gasteiger partial charge in [0.1, 0.15) is 5.01 Å². The Labute approximate surface area is 140 Å². The summed E-state index contributed by atoms with van der Waals surface area (Å²) in [5.74, 6) is 0.973. The smallest absolute Gasteiger partial charge is 0.321 e. The van der Waals surface area contributed by atoms with Gasteiger partial charge in [-0.05, 0) is 44.4 Å². The zero-order valence-electron chi connectivity index (χ0n) is 13.3. The van der Waals surface area contributed by atoms with Gasteiger partial charge in [-0.1, -0.05) is 23.5 Å². The van der Waals surface area contributed by atoms with Crippen LogP contribution in [0.15, 0.2) is 12.2 Å². The molecule has 1 aromatic heterocycles. The number of ether oxygens (including phenoxy) is 1. The van der Waals surface area contributed by atoms with E-state index in [4.69, 9.17) is 4.74 Å². The van der Waals surface area contributed by atoms with Crippen molar-refractivity contribution in [1.82, 2.24) is 15.5 Å². The van der Waals surface area contributed by atoms with Crippen molar-refractivity contribution in [1.29, 1.82) is 0 Å². The van der Waals surface area contributed by atoms with Crippen LogP contribution >= 0.6 is 11.3 Å². The minimum Gasteiger partial charge on any atom is -0.381 e. The zero-order valence-corrected chi connectivity index (χ0v) is 14.1. The van der Waals surface area contributed by atoms with Crippen LogP contribution < -0.4 is 10.6 Å². The van der Waals surface area contributed by atoms with E-state index >= 15 is 0 Å². The summed E-state index contributed by atoms with van der Waals surface area (Å²) in [4.78, 5) is 12.0. The van der Waals surface area contributed by atoms with Gasteiger partial charge in [0.15, 0.2) is 0 Å². The first kappa shape index (κ1) is 16.4. The highest BCUT2D eigenvalue weighted by Crippen LogP contribution is 2.30. The molecule has 1 aliphatic carbocycles. The summed E-state index contributed by atoms with van der Waals surface area (Å²) < 4.78 is 5.36. The third-order valence-corrected chi connectivity index (χ3v) is 5.43. The van der Waals surface area contributed by atoms with Crippen molar-refractivity contribution in [2.45, 2.75) is 44.4 Å². The lowest BCUT2D eigenvalue weighted by molar-refractivity contribution is 0.0851. The maximum Gasteiger partial charge on any atom is 0.321 e. The number of allylic oxidation sites excluding steroid dienone is 2. The van der Waals surface area contributed by atoms with Gasteiger partial charge < -0.3 is 10.1 Å². The minimum atomic E-state index is -0.183. The minimum absolute atomic E-state index is 0.183. The summed E-state index contributed by atoms with van der Waals surface area (Å²) in [7, 11) is 0. The fourth-order valence-corrected chi connectivity index (χ4v) is 3.93. The standard InChI is InChI=1S/C16H24N4O2S/c21-15(17-11-12-5-3-1-2-4-6-12)18-16-20-19-14(23-16)13-7-9-22-10-8-13/h1-2,12-13H,3-11H2,(H2,17,18,20,21). The molecule has 2 heterocycles. The third kappa shape index (κ3) is 5.00. The molecule has 6 nitrogen and oxygen atoms in total. The summed E-state index contributed by atoms with van der Waals surface area (Å²) >= 11 is 1.47. The Morgan fingerprint density at radius 3 is 2.65 bits per heavy atom. The maximum atomic E-state index is 12.0. The molecule has 0 spiro atoms. The van der Waals surface area contributed by atoms with Gasteiger partial charge in [0.05, 0.1) is 0 Å². The van der Waals surface area contributed by atoms with Gasteiger partial charge in [0, 0.05) is 25.7 Å². The Balaban J connectivity index is 1.43. The number of rotatable bonds is 4. The van der Waals surface area contributed by atoms with Gasteiger partial charge >= 0.3 is 6.03 Å². The highest BCUT2D eigenvalue weighted by Gasteiger charge is 2.20. The number of nitrogens with zero attached hydrogens (tertiary/aromatic N) is 2. The normalized spacial score (nSPS) is 20.2. The van der Waals surface area contributed by atoms with Crippen LogP contribution in [0.2, 0.25) is 0 Å². The first-order valence-corrected chi connectivity index (χ1v) is 9.24. The van der Waals surface area contributed by atoms with Crippen LogP contribution in [0.3, 0.4) is 0 Å². The molecular formula is C16H24N4O2S. The van der Waals surface area contributed by atoms with Crippen LogP contribution in [0.25, 0.3) is 0 Å². The predicted octanol–water partition coefficient (Wildman–Crippen LogP) is 3.30. The van der Waals surface area contributed by atoms with Crippen LogP contribution in [0.5, 0.6) is 0 Å². The number of carbonyl (C=O) groups excluding carboxylic acids is 1. The van der Waals surface area contributed by atoms with Crippen molar-refractivity contribution in [2.24, 2.45) is 5.92 Å². The topological polar surface area (TPSA) is 76.1 Å². The van der Waals surface area contributed by atoms with Crippen LogP contribution in [-0.2, 0) is 4.74 Å². The lowest BCUT2D eigenvalue weighted by atomic mass is 10.0. The number of urea groups is 1. The van der Waals surface area contributed by atoms with E-state index in [-0.39, 0.29) is 6.03 Å². The van der Waals surface area contributed by atoms with Gasteiger partial charge in [-0.2, -0.15) is 0 Å². The van der Waals surface area contributed by atoms with Crippen LogP contribution in [0.4, 0.5) is 9.93 Å². The molecule has 0 aromatic carbocycles. The Kier molecular flexibility index (Phi) is 5.99. The highest BCUT2D eigenvalue weighted by molar-refractivity contribution is 7.15. The molecule has 0 unspecified atom stereocenters. The van der Waals surface area contributed by atoms with E-state index < -0.39 is 0 Å². The molecule has 0 radical (unpaired) electrons. The molecule has 0 atom stereocenters. The Hall–Kier alpha value is -1.47. The van der Waals surface area contributed by atoms with E-state index in [1.807, 2.05) is 0 Å². The first-order valence-electron chi connectivity index (χ1n) is 8.42. The van der Waals surface area contributed by atoms with Crippen molar-refractivity contribution in [3.05, 3.63) is 17.2 Å². The average Bonchev–Trinajstić information content (AvgIpc) is 2.88. The molecule has 3 rings (SSSR count). The Morgan fingerprint density at radius 2 is 1.91 bits per heavy atom. The lowest BCUT2D eigenvalue weighted by Crippen LogP contribution is -2.33. The SMILES string of the molecule is O=C(NCC1CCC=CCC1)Nc1nnc(C2CCOCC2)s1. The number of aromatic nitrogens is 2. The van der Waals surface area contributed by atoms with Crippen LogP contribution in [0.1, 0.15) is 49.5 Å². The number of amides is 2. The molecule has 1 aromatic rings. The number of hydrogen-bond acceptors (Lipinski definition) is 5. The average molecular weight is 336 g/mol. The van der Waals surface area contributed by atoms with Crippen molar-refractivity contribution >= 4 is 22.5 Å². The molecule has 2 amide bonds. The second-order valence-corrected chi connectivity index (χ2v) is 7.17. The summed E-state index contributed by atoms with van der Waals surface area (Å²) in [5.41, 5.74) is 0. The van der Waals surface area contributed by atoms with Crippen LogP contribution in [0, 0.1) is 5.92 Å². The number of nitrogens with one attached hydrogen (secondary N) is 2. The van der Waals surface area contributed by atoms with E-state index in [1.165, 1.54) is 11.3 Å². The van der Waals surface area contributed by atoms with Crippen molar-refractivity contribution < 1.29 is 9.53 Å². The first-order chi connectivity index (χ1) is 11.3. The van der Waals surface area contributed by atoms with E-state index in [0.717, 1.165) is 63.3 Å². The maximum absolute atomic E-state index is 12.0. The second kappa shape index (κ2) is 8.40. The Bertz CT molecular complexity index is 530. The highest BCUT2D eigenvalue weighted by atomic mass is 32.1. The predicted molar refractivity (Wildman–Crippen MR) is 90.8 cm³/mol. The van der Waals surface area contributed by atoms with Gasteiger partial charge in [-0.15, -0.1) is 10.2 Å². The fraction of sp³-hybridized carbons (Fsp3) is 0.688. The van der Waals surface area contributed by atoms with Gasteiger partial charge in [0.25, 0.3) is 0 Å². The summed E-state index contributed by atoms with van der Waals surface area (Å²) in [5, 5.41) is 15.6. The molecule has 0 saturated carbocycles. The number of anilines is 1. The molecule has 1 saturated heterocycles. The lowest BCUT2D eigenvalue weighted by Gasteiger charge is -2.18. The zero-order chi connectivity index (χ0) is 15.9. The molecule has 7 heteroatoms. The molecule has 1 aliphatic heterocycles. The third-order valence-electron chi connectivity index (χ3n) is 4.43. The molecular weight excluding hydrogens is 312 g/mol. The van der Waals surface area contributed by atoms with E-state index in [1.54, 1.807) is 0 Å². The summed E-state index contributed by atoms with van der Waals surface area (Å²) in [6.07, 6.45) is 10.9. The largest absolute Gasteiger partial charge is 0.381 e. The fourth-order valence-electron chi connectivity index (χ4n) is 3.02. The molecule has 0 bridgehead atoms. The number of carbonyl (C=O) groups is 1. The molecule has 1 fully saturated rings. The summed E-state index contributed by atoms with van der Waals surface area (Å²) in [6, 6.07) is -0.183. The number of hydrogen-bond donors (Lipinski definition) is 2. The van der Waals surface area contributed by atoms with Crippen LogP contribution in [-0.4, -0.2) is 36.0 Å². The molecule has 126 valence electrons. The van der Waals surface area contributed by atoms with E-state index in [0.29, 0.717) is 17.0 Å². The molecule has 2 aliphatic rings. The van der Waals surface area contributed by atoms with Gasteiger partial charge in [0.2, 0.25) is 5.13 Å². The molecule has 23 heavy (non-hydrogen) atoms. The summed E-state index contributed by atoms with van der Waals surface area (Å²) in [6.45, 7) is 2.28. The van der Waals surface area contributed by atoms with Gasteiger partial charge in [-0.25, -0.2) is 4.79 Å². The monoisotopic (exact) mass is 336 g/mol. The van der Waals surface area contributed by atoms with Crippen molar-refractivity contribution in [2.75, 3.05) is 25.1 Å².